The summed E-state index contributed by atoms with van der Waals surface area (Å²) in [6.45, 7) is 2.58. The Bertz CT molecular complexity index is 482. The highest BCUT2D eigenvalue weighted by atomic mass is 35.5. The first-order valence-corrected chi connectivity index (χ1v) is 7.12. The van der Waals surface area contributed by atoms with E-state index in [2.05, 4.69) is 10.6 Å². The zero-order chi connectivity index (χ0) is 15.1. The molecule has 8 heteroatoms. The lowest BCUT2D eigenvalue weighted by atomic mass is 10.2. The van der Waals surface area contributed by atoms with Gasteiger partial charge >= 0.3 is 0 Å². The molecule has 1 saturated heterocycles. The van der Waals surface area contributed by atoms with Crippen LogP contribution in [0.4, 0.5) is 5.69 Å². The van der Waals surface area contributed by atoms with E-state index in [1.807, 2.05) is 0 Å². The smallest absolute Gasteiger partial charge is 0.243 e. The van der Waals surface area contributed by atoms with E-state index in [-0.39, 0.29) is 24.4 Å². The zero-order valence-corrected chi connectivity index (χ0v) is 13.8. The lowest BCUT2D eigenvalue weighted by molar-refractivity contribution is -0.120. The summed E-state index contributed by atoms with van der Waals surface area (Å²) in [5.41, 5.74) is 0.622. The molecular weight excluding hydrogens is 331 g/mol. The van der Waals surface area contributed by atoms with Crippen LogP contribution in [0.2, 0.25) is 5.02 Å². The first-order valence-electron chi connectivity index (χ1n) is 6.74. The quantitative estimate of drug-likeness (QED) is 0.764. The van der Waals surface area contributed by atoms with Crippen molar-refractivity contribution in [1.82, 2.24) is 5.32 Å². The van der Waals surface area contributed by atoms with Crippen LogP contribution in [-0.4, -0.2) is 52.0 Å². The molecule has 0 saturated carbocycles. The van der Waals surface area contributed by atoms with Crippen molar-refractivity contribution in [1.29, 1.82) is 0 Å². The molecule has 1 amide bonds. The number of anilines is 1. The van der Waals surface area contributed by atoms with Gasteiger partial charge in [0.25, 0.3) is 0 Å². The molecule has 1 aliphatic rings. The van der Waals surface area contributed by atoms with Gasteiger partial charge in [-0.05, 0) is 18.2 Å². The third kappa shape index (κ3) is 5.62. The molecule has 0 radical (unpaired) electrons. The summed E-state index contributed by atoms with van der Waals surface area (Å²) in [5, 5.41) is 6.33. The fourth-order valence-corrected chi connectivity index (χ4v) is 2.13. The van der Waals surface area contributed by atoms with E-state index < -0.39 is 0 Å². The van der Waals surface area contributed by atoms with Gasteiger partial charge in [-0.2, -0.15) is 0 Å². The molecule has 0 spiro atoms. The summed E-state index contributed by atoms with van der Waals surface area (Å²) in [6, 6.07) is 4.79. The summed E-state index contributed by atoms with van der Waals surface area (Å²) >= 11 is 6.12. The molecule has 1 aromatic rings. The maximum atomic E-state index is 12.0. The number of ether oxygens (including phenoxy) is 3. The summed E-state index contributed by atoms with van der Waals surface area (Å²) < 4.78 is 15.6. The second kappa shape index (κ2) is 9.86. The Morgan fingerprint density at radius 2 is 2.32 bits per heavy atom. The van der Waals surface area contributed by atoms with Crippen LogP contribution in [0, 0.1) is 0 Å². The molecule has 2 N–H and O–H groups in total. The molecule has 0 aliphatic carbocycles. The first-order chi connectivity index (χ1) is 10.2. The van der Waals surface area contributed by atoms with Crippen LogP contribution in [0.5, 0.6) is 5.75 Å². The minimum Gasteiger partial charge on any atom is -0.490 e. The van der Waals surface area contributed by atoms with Gasteiger partial charge in [0.05, 0.1) is 24.8 Å². The van der Waals surface area contributed by atoms with Crippen molar-refractivity contribution in [3.63, 3.8) is 0 Å². The number of hydrogen-bond acceptors (Lipinski definition) is 5. The topological polar surface area (TPSA) is 68.8 Å². The van der Waals surface area contributed by atoms with Crippen molar-refractivity contribution in [2.45, 2.75) is 6.04 Å². The van der Waals surface area contributed by atoms with E-state index in [0.29, 0.717) is 49.4 Å². The first kappa shape index (κ1) is 19.0. The van der Waals surface area contributed by atoms with Crippen molar-refractivity contribution in [2.24, 2.45) is 0 Å². The van der Waals surface area contributed by atoms with Crippen LogP contribution < -0.4 is 15.4 Å². The minimum atomic E-state index is -0.338. The van der Waals surface area contributed by atoms with Crippen LogP contribution in [0.15, 0.2) is 18.2 Å². The van der Waals surface area contributed by atoms with Crippen LogP contribution >= 0.6 is 24.0 Å². The van der Waals surface area contributed by atoms with Crippen molar-refractivity contribution in [2.75, 3.05) is 45.4 Å². The highest BCUT2D eigenvalue weighted by molar-refractivity contribution is 6.32. The molecular formula is C14H20Cl2N2O4. The zero-order valence-electron chi connectivity index (χ0n) is 12.3. The number of carbonyl (C=O) groups is 1. The van der Waals surface area contributed by atoms with Crippen LogP contribution in [0.3, 0.4) is 0 Å². The van der Waals surface area contributed by atoms with E-state index in [1.54, 1.807) is 25.3 Å². The van der Waals surface area contributed by atoms with Crippen molar-refractivity contribution < 1.29 is 19.0 Å². The highest BCUT2D eigenvalue weighted by Gasteiger charge is 2.21. The molecule has 1 heterocycles. The molecule has 1 aromatic carbocycles. The predicted octanol–water partition coefficient (Wildman–Crippen LogP) is 1.71. The predicted molar refractivity (Wildman–Crippen MR) is 87.3 cm³/mol. The standard InChI is InChI=1S/C14H19ClN2O4.ClH/c1-19-6-7-21-13-3-2-10(8-11(13)15)17-14(18)12-9-20-5-4-16-12;/h2-3,8,12,16H,4-7,9H2,1H3,(H,17,18);1H. The van der Waals surface area contributed by atoms with Gasteiger partial charge in [-0.15, -0.1) is 12.4 Å². The average Bonchev–Trinajstić information content (AvgIpc) is 2.50. The number of amides is 1. The van der Waals surface area contributed by atoms with Gasteiger partial charge in [0, 0.05) is 19.3 Å². The number of hydrogen-bond donors (Lipinski definition) is 2. The average molecular weight is 351 g/mol. The van der Waals surface area contributed by atoms with Gasteiger partial charge in [-0.1, -0.05) is 11.6 Å². The third-order valence-corrected chi connectivity index (χ3v) is 3.28. The number of carbonyl (C=O) groups excluding carboxylic acids is 1. The number of rotatable bonds is 6. The second-order valence-corrected chi connectivity index (χ2v) is 4.96. The Labute approximate surface area is 140 Å². The molecule has 1 fully saturated rings. The molecule has 1 atom stereocenters. The van der Waals surface area contributed by atoms with Crippen LogP contribution in [0.1, 0.15) is 0 Å². The second-order valence-electron chi connectivity index (χ2n) is 4.56. The molecule has 124 valence electrons. The fourth-order valence-electron chi connectivity index (χ4n) is 1.89. The van der Waals surface area contributed by atoms with Crippen LogP contribution in [-0.2, 0) is 14.3 Å². The van der Waals surface area contributed by atoms with Crippen molar-refractivity contribution >= 4 is 35.6 Å². The molecule has 0 bridgehead atoms. The van der Waals surface area contributed by atoms with E-state index >= 15 is 0 Å². The Morgan fingerprint density at radius 3 is 2.95 bits per heavy atom. The normalized spacial score (nSPS) is 17.5. The number of benzene rings is 1. The molecule has 0 aromatic heterocycles. The lowest BCUT2D eigenvalue weighted by Gasteiger charge is -2.23. The monoisotopic (exact) mass is 350 g/mol. The third-order valence-electron chi connectivity index (χ3n) is 2.98. The number of nitrogens with one attached hydrogen (secondary N) is 2. The summed E-state index contributed by atoms with van der Waals surface area (Å²) in [7, 11) is 1.60. The maximum Gasteiger partial charge on any atom is 0.243 e. The van der Waals surface area contributed by atoms with E-state index in [4.69, 9.17) is 25.8 Å². The number of halogens is 2. The van der Waals surface area contributed by atoms with Crippen LogP contribution in [0.25, 0.3) is 0 Å². The van der Waals surface area contributed by atoms with E-state index in [9.17, 15) is 4.79 Å². The van der Waals surface area contributed by atoms with Gasteiger partial charge in [0.1, 0.15) is 18.4 Å². The van der Waals surface area contributed by atoms with E-state index in [0.717, 1.165) is 0 Å². The largest absolute Gasteiger partial charge is 0.490 e. The van der Waals surface area contributed by atoms with Gasteiger partial charge in [-0.3, -0.25) is 4.79 Å². The fraction of sp³-hybridized carbons (Fsp3) is 0.500. The molecule has 6 nitrogen and oxygen atoms in total. The molecule has 2 rings (SSSR count). The summed E-state index contributed by atoms with van der Waals surface area (Å²) in [6.07, 6.45) is 0. The van der Waals surface area contributed by atoms with Gasteiger partial charge in [0.15, 0.2) is 0 Å². The van der Waals surface area contributed by atoms with E-state index in [1.165, 1.54) is 0 Å². The van der Waals surface area contributed by atoms with Gasteiger partial charge < -0.3 is 24.8 Å². The Balaban J connectivity index is 0.00000242. The lowest BCUT2D eigenvalue weighted by Crippen LogP contribution is -2.48. The molecule has 1 aliphatic heterocycles. The molecule has 1 unspecified atom stereocenters. The Hall–Kier alpha value is -1.05. The number of methoxy groups -OCH3 is 1. The highest BCUT2D eigenvalue weighted by Crippen LogP contribution is 2.27. The Kier molecular flexibility index (Phi) is 8.52. The molecule has 22 heavy (non-hydrogen) atoms. The maximum absolute atomic E-state index is 12.0. The van der Waals surface area contributed by atoms with Gasteiger partial charge in [-0.25, -0.2) is 0 Å². The Morgan fingerprint density at radius 1 is 1.50 bits per heavy atom. The summed E-state index contributed by atoms with van der Waals surface area (Å²) in [5.74, 6) is 0.421. The number of morpholine rings is 1. The summed E-state index contributed by atoms with van der Waals surface area (Å²) in [4.78, 5) is 12.0. The van der Waals surface area contributed by atoms with Crippen molar-refractivity contribution in [3.05, 3.63) is 23.2 Å². The van der Waals surface area contributed by atoms with Gasteiger partial charge in [0.2, 0.25) is 5.91 Å². The SMILES string of the molecule is COCCOc1ccc(NC(=O)C2COCCN2)cc1Cl.Cl. The van der Waals surface area contributed by atoms with Crippen molar-refractivity contribution in [3.8, 4) is 5.75 Å². The minimum absolute atomic E-state index is 0.